The van der Waals surface area contributed by atoms with Crippen molar-refractivity contribution >= 4 is 32.2 Å². The van der Waals surface area contributed by atoms with E-state index in [4.69, 9.17) is 0 Å². The summed E-state index contributed by atoms with van der Waals surface area (Å²) in [5.74, 6) is -2.97. The minimum absolute atomic E-state index is 0.131. The molecule has 0 atom stereocenters. The van der Waals surface area contributed by atoms with Gasteiger partial charge in [0, 0.05) is 23.4 Å². The summed E-state index contributed by atoms with van der Waals surface area (Å²) in [6.45, 7) is 0. The van der Waals surface area contributed by atoms with Crippen LogP contribution in [0.15, 0.2) is 71.6 Å². The Labute approximate surface area is 191 Å². The summed E-state index contributed by atoms with van der Waals surface area (Å²) in [6, 6.07) is 14.1. The summed E-state index contributed by atoms with van der Waals surface area (Å²) in [6.07, 6.45) is 1.09. The number of aromatic nitrogens is 1. The van der Waals surface area contributed by atoms with Crippen molar-refractivity contribution < 1.29 is 26.4 Å². The zero-order chi connectivity index (χ0) is 23.8. The van der Waals surface area contributed by atoms with Crippen LogP contribution in [-0.4, -0.2) is 25.6 Å². The topological polar surface area (TPSA) is 76.1 Å². The van der Waals surface area contributed by atoms with Gasteiger partial charge in [0.2, 0.25) is 0 Å². The van der Waals surface area contributed by atoms with E-state index in [-0.39, 0.29) is 15.6 Å². The first-order chi connectivity index (χ1) is 15.6. The maximum absolute atomic E-state index is 13.5. The predicted octanol–water partition coefficient (Wildman–Crippen LogP) is 5.55. The highest BCUT2D eigenvalue weighted by atomic mass is 32.2. The van der Waals surface area contributed by atoms with Gasteiger partial charge < -0.3 is 0 Å². The van der Waals surface area contributed by atoms with Crippen molar-refractivity contribution in [3.05, 3.63) is 89.7 Å². The number of thiazole rings is 1. The van der Waals surface area contributed by atoms with Crippen LogP contribution in [-0.2, 0) is 9.84 Å². The standard InChI is InChI=1S/C23H15F3N2O3S2/c1-33(30,31)19-8-4-13(5-9-19)20-21(14-2-6-16(24)7-3-14)32-23(27-20)28-22(29)15-10-17(25)12-18(26)11-15/h2-12H,1H3,(H,27,28,29). The predicted molar refractivity (Wildman–Crippen MR) is 120 cm³/mol. The van der Waals surface area contributed by atoms with E-state index in [2.05, 4.69) is 10.3 Å². The van der Waals surface area contributed by atoms with Crippen LogP contribution in [0.4, 0.5) is 18.3 Å². The normalized spacial score (nSPS) is 11.4. The number of amides is 1. The number of anilines is 1. The van der Waals surface area contributed by atoms with Crippen molar-refractivity contribution in [3.8, 4) is 21.7 Å². The van der Waals surface area contributed by atoms with E-state index in [1.807, 2.05) is 0 Å². The molecule has 0 radical (unpaired) electrons. The number of carbonyl (C=O) groups excluding carboxylic acids is 1. The van der Waals surface area contributed by atoms with Gasteiger partial charge in [-0.05, 0) is 42.0 Å². The number of benzene rings is 3. The first kappa shape index (κ1) is 22.7. The van der Waals surface area contributed by atoms with Crippen LogP contribution >= 0.6 is 11.3 Å². The molecular formula is C23H15F3N2O3S2. The van der Waals surface area contributed by atoms with Gasteiger partial charge in [-0.2, -0.15) is 0 Å². The van der Waals surface area contributed by atoms with Crippen LogP contribution in [0.25, 0.3) is 21.7 Å². The number of nitrogens with zero attached hydrogens (tertiary/aromatic N) is 1. The van der Waals surface area contributed by atoms with Gasteiger partial charge in [0.25, 0.3) is 5.91 Å². The molecule has 168 valence electrons. The lowest BCUT2D eigenvalue weighted by Gasteiger charge is -2.04. The zero-order valence-corrected chi connectivity index (χ0v) is 18.6. The van der Waals surface area contributed by atoms with E-state index in [1.54, 1.807) is 24.3 Å². The highest BCUT2D eigenvalue weighted by Crippen LogP contribution is 2.39. The minimum Gasteiger partial charge on any atom is -0.298 e. The lowest BCUT2D eigenvalue weighted by molar-refractivity contribution is 0.102. The maximum atomic E-state index is 13.5. The van der Waals surface area contributed by atoms with Crippen molar-refractivity contribution in [2.75, 3.05) is 11.6 Å². The number of sulfone groups is 1. The molecule has 3 aromatic carbocycles. The SMILES string of the molecule is CS(=O)(=O)c1ccc(-c2nc(NC(=O)c3cc(F)cc(F)c3)sc2-c2ccc(F)cc2)cc1. The largest absolute Gasteiger partial charge is 0.298 e. The fourth-order valence-electron chi connectivity index (χ4n) is 3.08. The van der Waals surface area contributed by atoms with Gasteiger partial charge in [0.05, 0.1) is 15.5 Å². The third-order valence-electron chi connectivity index (χ3n) is 4.63. The Morgan fingerprint density at radius 2 is 1.42 bits per heavy atom. The van der Waals surface area contributed by atoms with Crippen LogP contribution in [0.1, 0.15) is 10.4 Å². The third kappa shape index (κ3) is 5.12. The molecule has 0 saturated carbocycles. The molecule has 0 aliphatic carbocycles. The molecule has 1 N–H and O–H groups in total. The Bertz CT molecular complexity index is 1430. The summed E-state index contributed by atoms with van der Waals surface area (Å²) < 4.78 is 63.9. The first-order valence-corrected chi connectivity index (χ1v) is 12.2. The molecule has 1 heterocycles. The molecule has 0 aliphatic heterocycles. The number of hydrogen-bond donors (Lipinski definition) is 1. The van der Waals surface area contributed by atoms with E-state index in [0.29, 0.717) is 27.8 Å². The Kier molecular flexibility index (Phi) is 6.05. The van der Waals surface area contributed by atoms with Gasteiger partial charge in [-0.1, -0.05) is 35.6 Å². The Morgan fingerprint density at radius 1 is 0.848 bits per heavy atom. The van der Waals surface area contributed by atoms with E-state index in [1.165, 1.54) is 24.3 Å². The molecular weight excluding hydrogens is 473 g/mol. The number of nitrogens with one attached hydrogen (secondary N) is 1. The van der Waals surface area contributed by atoms with Crippen molar-refractivity contribution in [1.29, 1.82) is 0 Å². The number of rotatable bonds is 5. The van der Waals surface area contributed by atoms with Gasteiger partial charge in [0.15, 0.2) is 15.0 Å². The molecule has 0 unspecified atom stereocenters. The van der Waals surface area contributed by atoms with E-state index in [0.717, 1.165) is 29.7 Å². The van der Waals surface area contributed by atoms with Crippen LogP contribution in [0.5, 0.6) is 0 Å². The molecule has 0 saturated heterocycles. The number of hydrogen-bond acceptors (Lipinski definition) is 5. The fourth-order valence-corrected chi connectivity index (χ4v) is 4.70. The van der Waals surface area contributed by atoms with Crippen molar-refractivity contribution in [1.82, 2.24) is 4.98 Å². The number of carbonyl (C=O) groups is 1. The molecule has 4 aromatic rings. The second kappa shape index (κ2) is 8.80. The molecule has 0 fully saturated rings. The molecule has 33 heavy (non-hydrogen) atoms. The third-order valence-corrected chi connectivity index (χ3v) is 6.78. The monoisotopic (exact) mass is 488 g/mol. The maximum Gasteiger partial charge on any atom is 0.257 e. The van der Waals surface area contributed by atoms with Gasteiger partial charge in [0.1, 0.15) is 17.5 Å². The van der Waals surface area contributed by atoms with Crippen molar-refractivity contribution in [2.45, 2.75) is 4.90 Å². The van der Waals surface area contributed by atoms with Crippen molar-refractivity contribution in [2.24, 2.45) is 0 Å². The second-order valence-electron chi connectivity index (χ2n) is 7.11. The molecule has 10 heteroatoms. The van der Waals surface area contributed by atoms with E-state index in [9.17, 15) is 26.4 Å². The summed E-state index contributed by atoms with van der Waals surface area (Å²) >= 11 is 1.08. The summed E-state index contributed by atoms with van der Waals surface area (Å²) in [7, 11) is -3.39. The van der Waals surface area contributed by atoms with Crippen LogP contribution in [0, 0.1) is 17.5 Å². The average molecular weight is 489 g/mol. The smallest absolute Gasteiger partial charge is 0.257 e. The quantitative estimate of drug-likeness (QED) is 0.400. The second-order valence-corrected chi connectivity index (χ2v) is 10.1. The molecule has 0 aliphatic rings. The fraction of sp³-hybridized carbons (Fsp3) is 0.0435. The lowest BCUT2D eigenvalue weighted by atomic mass is 10.1. The highest BCUT2D eigenvalue weighted by molar-refractivity contribution is 7.90. The minimum atomic E-state index is -3.39. The van der Waals surface area contributed by atoms with Crippen LogP contribution in [0.3, 0.4) is 0 Å². The summed E-state index contributed by atoms with van der Waals surface area (Å²) in [5, 5.41) is 2.67. The van der Waals surface area contributed by atoms with E-state index >= 15 is 0 Å². The van der Waals surface area contributed by atoms with Gasteiger partial charge in [-0.3, -0.25) is 10.1 Å². The van der Waals surface area contributed by atoms with Crippen LogP contribution < -0.4 is 5.32 Å². The zero-order valence-electron chi connectivity index (χ0n) is 17.0. The molecule has 0 spiro atoms. The molecule has 1 amide bonds. The Balaban J connectivity index is 1.75. The molecule has 5 nitrogen and oxygen atoms in total. The molecule has 0 bridgehead atoms. The van der Waals surface area contributed by atoms with Gasteiger partial charge in [-0.25, -0.2) is 26.6 Å². The molecule has 4 rings (SSSR count). The van der Waals surface area contributed by atoms with Crippen molar-refractivity contribution in [3.63, 3.8) is 0 Å². The first-order valence-electron chi connectivity index (χ1n) is 9.45. The lowest BCUT2D eigenvalue weighted by Crippen LogP contribution is -2.12. The van der Waals surface area contributed by atoms with Gasteiger partial charge in [-0.15, -0.1) is 0 Å². The van der Waals surface area contributed by atoms with E-state index < -0.39 is 33.2 Å². The van der Waals surface area contributed by atoms with Gasteiger partial charge >= 0.3 is 0 Å². The Morgan fingerprint density at radius 3 is 2.00 bits per heavy atom. The van der Waals surface area contributed by atoms with Crippen LogP contribution in [0.2, 0.25) is 0 Å². The average Bonchev–Trinajstić information content (AvgIpc) is 3.16. The summed E-state index contributed by atoms with van der Waals surface area (Å²) in [4.78, 5) is 17.7. The Hall–Kier alpha value is -3.50. The summed E-state index contributed by atoms with van der Waals surface area (Å²) in [5.41, 5.74) is 1.39. The number of halogens is 3. The highest BCUT2D eigenvalue weighted by Gasteiger charge is 2.19. The molecule has 1 aromatic heterocycles.